The third kappa shape index (κ3) is 1.56. The van der Waals surface area contributed by atoms with Gasteiger partial charge in [0.2, 0.25) is 5.16 Å². The first-order chi connectivity index (χ1) is 4.25. The van der Waals surface area contributed by atoms with Gasteiger partial charge in [0.1, 0.15) is 11.8 Å². The van der Waals surface area contributed by atoms with Crippen molar-refractivity contribution in [3.63, 3.8) is 0 Å². The molecule has 0 radical (unpaired) electrons. The molecule has 0 aliphatic carbocycles. The van der Waals surface area contributed by atoms with Gasteiger partial charge in [0.05, 0.1) is 7.05 Å². The van der Waals surface area contributed by atoms with Crippen LogP contribution in [0.15, 0.2) is 15.8 Å². The summed E-state index contributed by atoms with van der Waals surface area (Å²) >= 11 is 5.62. The maximum Gasteiger partial charge on any atom is 0.238 e. The molecule has 10 heavy (non-hydrogen) atoms. The monoisotopic (exact) mass is 180 g/mol. The average molecular weight is 181 g/mol. The Hall–Kier alpha value is -0.380. The van der Waals surface area contributed by atoms with Crippen molar-refractivity contribution < 1.29 is 22.2 Å². The van der Waals surface area contributed by atoms with Gasteiger partial charge in [-0.1, -0.05) is 5.10 Å². The molecule has 0 aromatic heterocycles. The zero-order valence-electron chi connectivity index (χ0n) is 5.27. The molecule has 0 fully saturated rings. The highest BCUT2D eigenvalue weighted by atomic mass is 35.5. The molecule has 0 saturated heterocycles. The van der Waals surface area contributed by atoms with Crippen LogP contribution >= 0.6 is 11.6 Å². The maximum absolute atomic E-state index is 10.1. The molecule has 0 spiro atoms. The predicted octanol–water partition coefficient (Wildman–Crippen LogP) is -3.85. The van der Waals surface area contributed by atoms with Gasteiger partial charge in [-0.3, -0.25) is 4.79 Å². The van der Waals surface area contributed by atoms with Gasteiger partial charge in [-0.25, -0.2) is 0 Å². The van der Waals surface area contributed by atoms with Gasteiger partial charge in [0, 0.05) is 0 Å². The lowest BCUT2D eigenvalue weighted by molar-refractivity contribution is -0.835. The smallest absolute Gasteiger partial charge is 0.238 e. The van der Waals surface area contributed by atoms with Crippen molar-refractivity contribution in [3.8, 4) is 0 Å². The summed E-state index contributed by atoms with van der Waals surface area (Å²) in [5, 5.41) is 4.99. The Kier molecular flexibility index (Phi) is 3.57. The van der Waals surface area contributed by atoms with E-state index in [9.17, 15) is 4.79 Å². The van der Waals surface area contributed by atoms with Gasteiger partial charge in [0.25, 0.3) is 0 Å². The Balaban J connectivity index is 0.000000810. The summed E-state index contributed by atoms with van der Waals surface area (Å²) in [5.74, 6) is 0. The fourth-order valence-electron chi connectivity index (χ4n) is 0.571. The normalized spacial score (nSPS) is 22.8. The first-order valence-corrected chi connectivity index (χ1v) is 2.86. The molecule has 1 unspecified atom stereocenters. The topological polar surface area (TPSA) is 33.9 Å². The molecule has 56 valence electrons. The number of hydrogen-bond donors (Lipinski definition) is 1. The van der Waals surface area contributed by atoms with Crippen LogP contribution in [-0.2, 0) is 4.79 Å². The zero-order valence-corrected chi connectivity index (χ0v) is 6.78. The summed E-state index contributed by atoms with van der Waals surface area (Å²) in [6.07, 6.45) is 2.16. The van der Waals surface area contributed by atoms with Crippen molar-refractivity contribution in [2.24, 2.45) is 5.10 Å². The summed E-state index contributed by atoms with van der Waals surface area (Å²) in [6, 6.07) is 0. The van der Waals surface area contributed by atoms with Crippen LogP contribution in [-0.4, -0.2) is 19.5 Å². The SMILES string of the molecule is C[NH+]1N=CC(C=O)=C1Cl.[Cl-]. The molecule has 1 heterocycles. The van der Waals surface area contributed by atoms with Crippen LogP contribution in [0.2, 0.25) is 0 Å². The Morgan fingerprint density at radius 1 is 1.80 bits per heavy atom. The molecular formula is C5H6Cl2N2O. The first-order valence-electron chi connectivity index (χ1n) is 2.48. The lowest BCUT2D eigenvalue weighted by Gasteiger charge is -1.95. The van der Waals surface area contributed by atoms with E-state index in [1.165, 1.54) is 6.21 Å². The van der Waals surface area contributed by atoms with Gasteiger partial charge in [-0.2, -0.15) is 5.01 Å². The third-order valence-corrected chi connectivity index (χ3v) is 1.59. The number of nitrogens with zero attached hydrogens (tertiary/aromatic N) is 1. The van der Waals surface area contributed by atoms with Crippen LogP contribution in [0.4, 0.5) is 0 Å². The highest BCUT2D eigenvalue weighted by Crippen LogP contribution is 2.00. The molecule has 0 saturated carbocycles. The number of carbonyl (C=O) groups excluding carboxylic acids is 1. The molecule has 1 atom stereocenters. The number of quaternary nitrogens is 1. The van der Waals surface area contributed by atoms with Gasteiger partial charge >= 0.3 is 0 Å². The van der Waals surface area contributed by atoms with Crippen LogP contribution < -0.4 is 17.4 Å². The zero-order chi connectivity index (χ0) is 6.85. The molecule has 0 aromatic carbocycles. The fraction of sp³-hybridized carbons (Fsp3) is 0.200. The Morgan fingerprint density at radius 3 is 2.60 bits per heavy atom. The average Bonchev–Trinajstić information content (AvgIpc) is 2.15. The quantitative estimate of drug-likeness (QED) is 0.326. The second-order valence-electron chi connectivity index (χ2n) is 1.73. The van der Waals surface area contributed by atoms with Crippen molar-refractivity contribution in [2.75, 3.05) is 7.05 Å². The molecule has 0 aromatic rings. The van der Waals surface area contributed by atoms with Crippen LogP contribution in [0.25, 0.3) is 0 Å². The van der Waals surface area contributed by atoms with Gasteiger partial charge in [-0.05, 0) is 11.6 Å². The number of nitrogens with one attached hydrogen (secondary N) is 1. The highest BCUT2D eigenvalue weighted by Gasteiger charge is 2.17. The van der Waals surface area contributed by atoms with Crippen LogP contribution in [0, 0.1) is 0 Å². The van der Waals surface area contributed by atoms with Crippen LogP contribution in [0.1, 0.15) is 0 Å². The van der Waals surface area contributed by atoms with E-state index in [4.69, 9.17) is 11.6 Å². The van der Waals surface area contributed by atoms with E-state index >= 15 is 0 Å². The van der Waals surface area contributed by atoms with E-state index in [1.54, 1.807) is 7.05 Å². The Labute approximate surface area is 69.7 Å². The summed E-state index contributed by atoms with van der Waals surface area (Å²) in [7, 11) is 1.76. The number of carbonyl (C=O) groups is 1. The van der Waals surface area contributed by atoms with E-state index in [2.05, 4.69) is 5.10 Å². The summed E-state index contributed by atoms with van der Waals surface area (Å²) in [5.41, 5.74) is 0.467. The third-order valence-electron chi connectivity index (χ3n) is 1.10. The molecule has 1 aliphatic rings. The van der Waals surface area contributed by atoms with E-state index in [1.807, 2.05) is 0 Å². The first kappa shape index (κ1) is 9.62. The summed E-state index contributed by atoms with van der Waals surface area (Å²) < 4.78 is 0. The second kappa shape index (κ2) is 3.71. The Bertz CT molecular complexity index is 200. The summed E-state index contributed by atoms with van der Waals surface area (Å²) in [6.45, 7) is 0. The standard InChI is InChI=1S/C5H5ClN2O.ClH/c1-8-5(6)4(3-9)2-7-8;/h2-3H,1H3;1H. The number of halogens is 2. The molecule has 1 rings (SSSR count). The van der Waals surface area contributed by atoms with Crippen LogP contribution in [0.3, 0.4) is 0 Å². The largest absolute Gasteiger partial charge is 1.00 e. The van der Waals surface area contributed by atoms with Gasteiger partial charge in [0.15, 0.2) is 6.29 Å². The summed E-state index contributed by atoms with van der Waals surface area (Å²) in [4.78, 5) is 10.1. The molecule has 1 N–H and O–H groups in total. The van der Waals surface area contributed by atoms with Gasteiger partial charge < -0.3 is 12.4 Å². The lowest BCUT2D eigenvalue weighted by atomic mass is 10.4. The number of hydrogen-bond acceptors (Lipinski definition) is 2. The number of rotatable bonds is 1. The molecule has 1 aliphatic heterocycles. The number of aldehydes is 1. The van der Waals surface area contributed by atoms with Crippen molar-refractivity contribution in [3.05, 3.63) is 10.7 Å². The minimum atomic E-state index is 0. The fourth-order valence-corrected chi connectivity index (χ4v) is 0.713. The highest BCUT2D eigenvalue weighted by molar-refractivity contribution is 6.32. The molecule has 3 nitrogen and oxygen atoms in total. The van der Waals surface area contributed by atoms with E-state index < -0.39 is 0 Å². The molecule has 5 heteroatoms. The maximum atomic E-state index is 10.1. The predicted molar refractivity (Wildman–Crippen MR) is 34.3 cm³/mol. The lowest BCUT2D eigenvalue weighted by Crippen LogP contribution is -3.00. The van der Waals surface area contributed by atoms with E-state index in [0.29, 0.717) is 22.0 Å². The minimum absolute atomic E-state index is 0. The van der Waals surface area contributed by atoms with Crippen molar-refractivity contribution >= 4 is 24.1 Å². The molecule has 0 amide bonds. The van der Waals surface area contributed by atoms with Gasteiger partial charge in [-0.15, -0.1) is 0 Å². The van der Waals surface area contributed by atoms with Crippen molar-refractivity contribution in [1.29, 1.82) is 0 Å². The molecule has 0 bridgehead atoms. The minimum Gasteiger partial charge on any atom is -1.00 e. The van der Waals surface area contributed by atoms with Crippen molar-refractivity contribution in [2.45, 2.75) is 0 Å². The van der Waals surface area contributed by atoms with E-state index in [-0.39, 0.29) is 12.4 Å². The Morgan fingerprint density at radius 2 is 2.40 bits per heavy atom. The molecular weight excluding hydrogens is 175 g/mol. The van der Waals surface area contributed by atoms with E-state index in [0.717, 1.165) is 0 Å². The van der Waals surface area contributed by atoms with Crippen molar-refractivity contribution in [1.82, 2.24) is 0 Å². The van der Waals surface area contributed by atoms with Crippen LogP contribution in [0.5, 0.6) is 0 Å². The second-order valence-corrected chi connectivity index (χ2v) is 2.11. The number of allylic oxidation sites excluding steroid dienone is 1.